The van der Waals surface area contributed by atoms with Gasteiger partial charge in [0.05, 0.1) is 5.41 Å². The lowest BCUT2D eigenvalue weighted by atomic mass is 9.63. The number of fused-ring (bicyclic) bond motifs is 5. The summed E-state index contributed by atoms with van der Waals surface area (Å²) in [5, 5.41) is 4.69. The van der Waals surface area contributed by atoms with Crippen LogP contribution in [0, 0.1) is 0 Å². The van der Waals surface area contributed by atoms with Gasteiger partial charge in [0.1, 0.15) is 0 Å². The molecule has 0 unspecified atom stereocenters. The molecule has 0 saturated carbocycles. The Morgan fingerprint density at radius 1 is 0.105 bits per heavy atom. The van der Waals surface area contributed by atoms with Crippen molar-refractivity contribution in [3.8, 4) is 145 Å². The molecule has 0 N–H and O–H groups in total. The minimum atomic E-state index is -0.862. The van der Waals surface area contributed by atoms with Crippen LogP contribution in [-0.2, 0) is 5.41 Å². The fourth-order valence-corrected chi connectivity index (χ4v) is 16.4. The number of benzene rings is 18. The first kappa shape index (κ1) is 62.5. The minimum Gasteiger partial charge on any atom is -0.0622 e. The SMILES string of the molecule is c1ccc(-c2ccc(-c3ccc(-c4ccc5cc(-c6ccc(-c7ccc(-c8ccccc8)cc7)cc6)c(C6(c7cc8cc(-c9ccc(-c%10ccc(-c%11ccccc%11)cc%10)cc9)ccc8cc7-c7ccc(-c8ccc(-c9ccccc9)cc8)cc7)c7ccccc7-c7ccccc76)cc5c4)cc3)cc2)cc1. The van der Waals surface area contributed by atoms with Crippen LogP contribution in [0.2, 0.25) is 0 Å². The Bertz CT molecular complexity index is 5790. The smallest absolute Gasteiger partial charge is 0.0622 e. The highest BCUT2D eigenvalue weighted by molar-refractivity contribution is 6.01. The highest BCUT2D eigenvalue weighted by atomic mass is 14.5. The molecule has 0 bridgehead atoms. The summed E-state index contributed by atoms with van der Waals surface area (Å²) in [4.78, 5) is 0. The molecule has 0 nitrogen and oxygen atoms in total. The molecule has 0 saturated heterocycles. The number of hydrogen-bond donors (Lipinski definition) is 0. The van der Waals surface area contributed by atoms with Crippen LogP contribution in [0.4, 0.5) is 0 Å². The van der Waals surface area contributed by atoms with Gasteiger partial charge in [0.25, 0.3) is 0 Å². The molecule has 0 radical (unpaired) electrons. The van der Waals surface area contributed by atoms with Crippen molar-refractivity contribution in [2.75, 3.05) is 0 Å². The van der Waals surface area contributed by atoms with E-state index in [9.17, 15) is 0 Å². The van der Waals surface area contributed by atoms with E-state index in [0.717, 1.165) is 11.1 Å². The molecular formula is C105H70. The third kappa shape index (κ3) is 11.7. The van der Waals surface area contributed by atoms with Crippen molar-refractivity contribution in [1.82, 2.24) is 0 Å². The second-order valence-electron chi connectivity index (χ2n) is 27.8. The minimum absolute atomic E-state index is 0.862. The van der Waals surface area contributed by atoms with Crippen molar-refractivity contribution in [2.24, 2.45) is 0 Å². The van der Waals surface area contributed by atoms with Gasteiger partial charge in [0.15, 0.2) is 0 Å². The molecule has 0 heterocycles. The van der Waals surface area contributed by atoms with E-state index in [0.29, 0.717) is 0 Å². The summed E-state index contributed by atoms with van der Waals surface area (Å²) in [5.41, 5.74) is 35.0. The fraction of sp³-hybridized carbons (Fsp3) is 0.00952. The molecular weight excluding hydrogens is 1260 g/mol. The van der Waals surface area contributed by atoms with E-state index in [1.54, 1.807) is 0 Å². The van der Waals surface area contributed by atoms with Gasteiger partial charge in [0.2, 0.25) is 0 Å². The number of hydrogen-bond acceptors (Lipinski definition) is 0. The quantitative estimate of drug-likeness (QED) is 0.102. The molecule has 18 aromatic rings. The maximum Gasteiger partial charge on any atom is 0.0725 e. The van der Waals surface area contributed by atoms with E-state index in [2.05, 4.69) is 425 Å². The van der Waals surface area contributed by atoms with Gasteiger partial charge in [-0.2, -0.15) is 0 Å². The van der Waals surface area contributed by atoms with E-state index in [1.165, 1.54) is 177 Å². The summed E-state index contributed by atoms with van der Waals surface area (Å²) in [6.07, 6.45) is 0. The monoisotopic (exact) mass is 1330 g/mol. The first-order valence-electron chi connectivity index (χ1n) is 36.4. The van der Waals surface area contributed by atoms with E-state index >= 15 is 0 Å². The molecule has 1 aliphatic carbocycles. The summed E-state index contributed by atoms with van der Waals surface area (Å²) in [6.45, 7) is 0. The normalized spacial score (nSPS) is 12.1. The van der Waals surface area contributed by atoms with Crippen LogP contribution < -0.4 is 0 Å². The second-order valence-corrected chi connectivity index (χ2v) is 27.8. The van der Waals surface area contributed by atoms with Gasteiger partial charge < -0.3 is 0 Å². The Labute approximate surface area is 614 Å². The van der Waals surface area contributed by atoms with Gasteiger partial charge in [-0.3, -0.25) is 0 Å². The van der Waals surface area contributed by atoms with E-state index in [4.69, 9.17) is 0 Å². The third-order valence-corrected chi connectivity index (χ3v) is 21.8. The Morgan fingerprint density at radius 3 is 0.543 bits per heavy atom. The maximum atomic E-state index is 2.56. The summed E-state index contributed by atoms with van der Waals surface area (Å²) in [5.74, 6) is 0. The average Bonchev–Trinajstić information content (AvgIpc) is 1.64. The molecule has 105 heavy (non-hydrogen) atoms. The first-order valence-corrected chi connectivity index (χ1v) is 36.4. The summed E-state index contributed by atoms with van der Waals surface area (Å²) in [6, 6.07) is 158. The largest absolute Gasteiger partial charge is 0.0725 e. The van der Waals surface area contributed by atoms with E-state index in [-0.39, 0.29) is 0 Å². The Kier molecular flexibility index (Phi) is 15.9. The van der Waals surface area contributed by atoms with Gasteiger partial charge >= 0.3 is 0 Å². The molecule has 490 valence electrons. The Balaban J connectivity index is 0.802. The molecule has 0 aliphatic heterocycles. The molecule has 0 fully saturated rings. The van der Waals surface area contributed by atoms with Gasteiger partial charge in [-0.15, -0.1) is 0 Å². The van der Waals surface area contributed by atoms with Crippen LogP contribution in [0.3, 0.4) is 0 Å². The lowest BCUT2D eigenvalue weighted by Gasteiger charge is -2.38. The zero-order chi connectivity index (χ0) is 69.6. The van der Waals surface area contributed by atoms with Crippen molar-refractivity contribution < 1.29 is 0 Å². The highest BCUT2D eigenvalue weighted by Gasteiger charge is 2.49. The molecule has 1 aliphatic rings. The lowest BCUT2D eigenvalue weighted by molar-refractivity contribution is 0.775. The second kappa shape index (κ2) is 26.8. The average molecular weight is 1330 g/mol. The van der Waals surface area contributed by atoms with Gasteiger partial charge in [0, 0.05) is 0 Å². The standard InChI is InChI=1S/C105H70/c1-5-17-71(18-6-1)75-29-37-79(38-30-75)83-45-49-87(50-46-83)91-61-63-93-67-99(89-57-53-85(54-58-89)81-41-33-77(34-42-81)73-21-9-3-10-22-73)103(69-95(93)65-91)105(101-27-15-13-25-97(101)98-26-14-16-28-102(98)105)104-70-96-66-92(88-51-47-84(48-52-88)80-39-31-76(32-40-80)72-19-7-2-8-20-72)62-64-94(96)68-100(104)90-59-55-86(56-60-90)82-43-35-78(36-44-82)74-23-11-4-12-24-74/h1-70H. The highest BCUT2D eigenvalue weighted by Crippen LogP contribution is 2.60. The lowest BCUT2D eigenvalue weighted by Crippen LogP contribution is -2.30. The van der Waals surface area contributed by atoms with Crippen LogP contribution >= 0.6 is 0 Å². The first-order chi connectivity index (χ1) is 52.0. The molecule has 0 spiro atoms. The Hall–Kier alpha value is -13.5. The zero-order valence-corrected chi connectivity index (χ0v) is 57.9. The summed E-state index contributed by atoms with van der Waals surface area (Å²) >= 11 is 0. The number of rotatable bonds is 14. The van der Waals surface area contributed by atoms with Crippen LogP contribution in [0.5, 0.6) is 0 Å². The van der Waals surface area contributed by atoms with E-state index in [1.807, 2.05) is 0 Å². The predicted octanol–water partition coefficient (Wildman–Crippen LogP) is 28.4. The molecule has 0 amide bonds. The molecule has 19 rings (SSSR count). The van der Waals surface area contributed by atoms with Crippen molar-refractivity contribution >= 4 is 21.5 Å². The van der Waals surface area contributed by atoms with Crippen molar-refractivity contribution in [3.63, 3.8) is 0 Å². The maximum absolute atomic E-state index is 2.56. The van der Waals surface area contributed by atoms with E-state index < -0.39 is 5.41 Å². The van der Waals surface area contributed by atoms with Gasteiger partial charge in [-0.1, -0.05) is 388 Å². The van der Waals surface area contributed by atoms with Crippen molar-refractivity contribution in [2.45, 2.75) is 5.41 Å². The Morgan fingerprint density at radius 2 is 0.295 bits per heavy atom. The summed E-state index contributed by atoms with van der Waals surface area (Å²) in [7, 11) is 0. The van der Waals surface area contributed by atoms with Gasteiger partial charge in [-0.05, 0) is 225 Å². The fourth-order valence-electron chi connectivity index (χ4n) is 16.4. The topological polar surface area (TPSA) is 0 Å². The molecule has 0 aromatic heterocycles. The zero-order valence-electron chi connectivity index (χ0n) is 57.9. The molecule has 0 atom stereocenters. The third-order valence-electron chi connectivity index (χ3n) is 21.8. The van der Waals surface area contributed by atoms with Crippen molar-refractivity contribution in [1.29, 1.82) is 0 Å². The molecule has 18 aromatic carbocycles. The summed E-state index contributed by atoms with van der Waals surface area (Å²) < 4.78 is 0. The van der Waals surface area contributed by atoms with Crippen molar-refractivity contribution in [3.05, 3.63) is 447 Å². The van der Waals surface area contributed by atoms with Gasteiger partial charge in [-0.25, -0.2) is 0 Å². The van der Waals surface area contributed by atoms with Crippen LogP contribution in [0.15, 0.2) is 425 Å². The van der Waals surface area contributed by atoms with Crippen LogP contribution in [0.1, 0.15) is 22.3 Å². The molecule has 0 heteroatoms. The van der Waals surface area contributed by atoms with Crippen LogP contribution in [0.25, 0.3) is 166 Å². The predicted molar refractivity (Wildman–Crippen MR) is 444 cm³/mol. The van der Waals surface area contributed by atoms with Crippen LogP contribution in [-0.4, -0.2) is 0 Å².